The highest BCUT2D eigenvalue weighted by atomic mass is 16.3. The van der Waals surface area contributed by atoms with Gasteiger partial charge < -0.3 is 15.5 Å². The van der Waals surface area contributed by atoms with E-state index in [0.717, 1.165) is 44.9 Å². The summed E-state index contributed by atoms with van der Waals surface area (Å²) in [6.07, 6.45) is 39.3. The van der Waals surface area contributed by atoms with Crippen molar-refractivity contribution in [2.45, 2.75) is 174 Å². The maximum Gasteiger partial charge on any atom is 0.220 e. The number of aliphatic hydroxyl groups is 2. The van der Waals surface area contributed by atoms with Gasteiger partial charge in [-0.1, -0.05) is 134 Å². The van der Waals surface area contributed by atoms with Gasteiger partial charge in [-0.25, -0.2) is 0 Å². The average Bonchev–Trinajstić information content (AvgIpc) is 2.94. The fourth-order valence-corrected chi connectivity index (χ4v) is 4.71. The number of nitrogens with one attached hydrogen (secondary N) is 1. The lowest BCUT2D eigenvalue weighted by atomic mass is 10.1. The van der Waals surface area contributed by atoms with E-state index in [2.05, 4.69) is 43.5 Å². The minimum atomic E-state index is -0.861. The second-order valence-corrected chi connectivity index (χ2v) is 11.2. The molecule has 39 heavy (non-hydrogen) atoms. The first-order valence-electron chi connectivity index (χ1n) is 16.7. The number of carbonyl (C=O) groups is 1. The molecule has 0 rings (SSSR count). The maximum absolute atomic E-state index is 12.2. The van der Waals surface area contributed by atoms with Crippen molar-refractivity contribution in [3.05, 3.63) is 36.5 Å². The molecule has 3 N–H and O–H groups in total. The SMILES string of the molecule is CCCCCC/C=C/CCCCCCCC(=O)N[C@@H](CO)[C@H](O)/C=C/CC/C=C/CCCCCCCCCC. The summed E-state index contributed by atoms with van der Waals surface area (Å²) < 4.78 is 0. The van der Waals surface area contributed by atoms with E-state index >= 15 is 0 Å². The Morgan fingerprint density at radius 1 is 0.590 bits per heavy atom. The van der Waals surface area contributed by atoms with E-state index in [9.17, 15) is 15.0 Å². The van der Waals surface area contributed by atoms with Crippen LogP contribution in [0.15, 0.2) is 36.5 Å². The lowest BCUT2D eigenvalue weighted by Gasteiger charge is -2.19. The minimum Gasteiger partial charge on any atom is -0.394 e. The van der Waals surface area contributed by atoms with Crippen LogP contribution >= 0.6 is 0 Å². The zero-order chi connectivity index (χ0) is 28.7. The topological polar surface area (TPSA) is 69.6 Å². The summed E-state index contributed by atoms with van der Waals surface area (Å²) in [5.41, 5.74) is 0. The van der Waals surface area contributed by atoms with Crippen molar-refractivity contribution in [3.63, 3.8) is 0 Å². The quantitative estimate of drug-likeness (QED) is 0.0645. The molecule has 1 amide bonds. The van der Waals surface area contributed by atoms with Crippen LogP contribution in [0.4, 0.5) is 0 Å². The Morgan fingerprint density at radius 3 is 1.51 bits per heavy atom. The number of amides is 1. The van der Waals surface area contributed by atoms with Crippen molar-refractivity contribution >= 4 is 5.91 Å². The molecule has 0 saturated carbocycles. The third-order valence-electron chi connectivity index (χ3n) is 7.35. The van der Waals surface area contributed by atoms with Crippen LogP contribution in [0.3, 0.4) is 0 Å². The summed E-state index contributed by atoms with van der Waals surface area (Å²) in [4.78, 5) is 12.2. The van der Waals surface area contributed by atoms with Crippen LogP contribution in [-0.2, 0) is 4.79 Å². The van der Waals surface area contributed by atoms with Crippen molar-refractivity contribution in [1.29, 1.82) is 0 Å². The molecule has 228 valence electrons. The van der Waals surface area contributed by atoms with Crippen LogP contribution in [-0.4, -0.2) is 34.9 Å². The van der Waals surface area contributed by atoms with Crippen LogP contribution < -0.4 is 5.32 Å². The van der Waals surface area contributed by atoms with Gasteiger partial charge in [0.15, 0.2) is 0 Å². The monoisotopic (exact) mass is 547 g/mol. The summed E-state index contributed by atoms with van der Waals surface area (Å²) in [7, 11) is 0. The van der Waals surface area contributed by atoms with E-state index in [-0.39, 0.29) is 12.5 Å². The fourth-order valence-electron chi connectivity index (χ4n) is 4.71. The smallest absolute Gasteiger partial charge is 0.220 e. The largest absolute Gasteiger partial charge is 0.394 e. The lowest BCUT2D eigenvalue weighted by molar-refractivity contribution is -0.123. The molecule has 0 aliphatic rings. The van der Waals surface area contributed by atoms with E-state index in [1.54, 1.807) is 6.08 Å². The predicted molar refractivity (Wildman–Crippen MR) is 170 cm³/mol. The van der Waals surface area contributed by atoms with Gasteiger partial charge in [-0.05, 0) is 57.8 Å². The molecule has 2 atom stereocenters. The molecule has 0 heterocycles. The zero-order valence-corrected chi connectivity index (χ0v) is 25.9. The fraction of sp³-hybridized carbons (Fsp3) is 0.800. The normalized spacial score (nSPS) is 13.6. The van der Waals surface area contributed by atoms with Gasteiger partial charge in [-0.3, -0.25) is 4.79 Å². The highest BCUT2D eigenvalue weighted by molar-refractivity contribution is 5.76. The lowest BCUT2D eigenvalue weighted by Crippen LogP contribution is -2.45. The van der Waals surface area contributed by atoms with Gasteiger partial charge in [-0.15, -0.1) is 0 Å². The van der Waals surface area contributed by atoms with Gasteiger partial charge in [0.25, 0.3) is 0 Å². The van der Waals surface area contributed by atoms with E-state index < -0.39 is 12.1 Å². The predicted octanol–water partition coefficient (Wildman–Crippen LogP) is 9.51. The van der Waals surface area contributed by atoms with Gasteiger partial charge in [0, 0.05) is 6.42 Å². The molecule has 4 heteroatoms. The molecule has 0 fully saturated rings. The van der Waals surface area contributed by atoms with Gasteiger partial charge in [0.1, 0.15) is 0 Å². The van der Waals surface area contributed by atoms with E-state index in [4.69, 9.17) is 0 Å². The maximum atomic E-state index is 12.2. The first kappa shape index (κ1) is 37.6. The summed E-state index contributed by atoms with van der Waals surface area (Å²) in [5.74, 6) is -0.0867. The zero-order valence-electron chi connectivity index (χ0n) is 25.9. The molecule has 0 bridgehead atoms. The Labute approximate surface area is 242 Å². The van der Waals surface area contributed by atoms with E-state index in [1.807, 2.05) is 6.08 Å². The Morgan fingerprint density at radius 2 is 1.00 bits per heavy atom. The summed E-state index contributed by atoms with van der Waals surface area (Å²) in [6.45, 7) is 4.25. The first-order chi connectivity index (χ1) is 19.2. The van der Waals surface area contributed by atoms with Crippen LogP contribution in [0, 0.1) is 0 Å². The van der Waals surface area contributed by atoms with Crippen LogP contribution in [0.5, 0.6) is 0 Å². The third kappa shape index (κ3) is 28.0. The Bertz CT molecular complexity index is 599. The molecule has 0 aromatic carbocycles. The van der Waals surface area contributed by atoms with Crippen molar-refractivity contribution < 1.29 is 15.0 Å². The molecule has 0 radical (unpaired) electrons. The number of rotatable bonds is 29. The first-order valence-corrected chi connectivity index (χ1v) is 16.7. The Kier molecular flexibility index (Phi) is 30.0. The molecular formula is C35H65NO3. The number of carbonyl (C=O) groups excluding carboxylic acids is 1. The molecular weight excluding hydrogens is 482 g/mol. The highest BCUT2D eigenvalue weighted by Crippen LogP contribution is 2.11. The van der Waals surface area contributed by atoms with E-state index in [1.165, 1.54) is 96.3 Å². The summed E-state index contributed by atoms with van der Waals surface area (Å²) in [5, 5.41) is 22.8. The molecule has 0 aliphatic carbocycles. The third-order valence-corrected chi connectivity index (χ3v) is 7.35. The molecule has 0 unspecified atom stereocenters. The van der Waals surface area contributed by atoms with Crippen molar-refractivity contribution in [1.82, 2.24) is 5.32 Å². The Balaban J connectivity index is 3.74. The molecule has 0 aromatic rings. The number of unbranched alkanes of at least 4 members (excludes halogenated alkanes) is 18. The average molecular weight is 548 g/mol. The minimum absolute atomic E-state index is 0.0867. The number of hydrogen-bond donors (Lipinski definition) is 3. The van der Waals surface area contributed by atoms with Crippen molar-refractivity contribution in [3.8, 4) is 0 Å². The van der Waals surface area contributed by atoms with Gasteiger partial charge in [0.2, 0.25) is 5.91 Å². The second-order valence-electron chi connectivity index (χ2n) is 11.2. The standard InChI is InChI=1S/C35H65NO3/c1-3-5-7-9-11-13-15-17-19-20-22-24-26-28-30-34(38)33(32-37)36-35(39)31-29-27-25-23-21-18-16-14-12-10-8-6-4-2/h14,16,20,22,28,30,33-34,37-38H,3-13,15,17-19,21,23-27,29,31-32H2,1-2H3,(H,36,39)/b16-14+,22-20+,30-28+/t33-,34+/m0/s1. The summed E-state index contributed by atoms with van der Waals surface area (Å²) >= 11 is 0. The molecule has 0 aromatic heterocycles. The summed E-state index contributed by atoms with van der Waals surface area (Å²) in [6, 6.07) is -0.639. The molecule has 0 saturated heterocycles. The highest BCUT2D eigenvalue weighted by Gasteiger charge is 2.17. The molecule has 0 aliphatic heterocycles. The van der Waals surface area contributed by atoms with Crippen LogP contribution in [0.1, 0.15) is 162 Å². The molecule has 0 spiro atoms. The van der Waals surface area contributed by atoms with Gasteiger partial charge >= 0.3 is 0 Å². The number of aliphatic hydroxyl groups excluding tert-OH is 2. The number of allylic oxidation sites excluding steroid dienone is 5. The molecule has 4 nitrogen and oxygen atoms in total. The Hall–Kier alpha value is -1.39. The second kappa shape index (κ2) is 31.1. The number of hydrogen-bond acceptors (Lipinski definition) is 3. The van der Waals surface area contributed by atoms with Crippen LogP contribution in [0.2, 0.25) is 0 Å². The van der Waals surface area contributed by atoms with Gasteiger partial charge in [-0.2, -0.15) is 0 Å². The van der Waals surface area contributed by atoms with Crippen LogP contribution in [0.25, 0.3) is 0 Å². The van der Waals surface area contributed by atoms with Crippen molar-refractivity contribution in [2.24, 2.45) is 0 Å². The van der Waals surface area contributed by atoms with Gasteiger partial charge in [0.05, 0.1) is 18.8 Å². The van der Waals surface area contributed by atoms with Crippen molar-refractivity contribution in [2.75, 3.05) is 6.61 Å². The van der Waals surface area contributed by atoms with E-state index in [0.29, 0.717) is 6.42 Å².